The highest BCUT2D eigenvalue weighted by molar-refractivity contribution is 7.25. The van der Waals surface area contributed by atoms with Gasteiger partial charge in [-0.3, -0.25) is 0 Å². The summed E-state index contributed by atoms with van der Waals surface area (Å²) in [5, 5.41) is 7.40. The number of fused-ring (bicyclic) bond motifs is 7. The van der Waals surface area contributed by atoms with E-state index in [2.05, 4.69) is 193 Å². The number of nitrogens with zero attached hydrogens (tertiary/aromatic N) is 1. The lowest BCUT2D eigenvalue weighted by molar-refractivity contribution is 0.669. The van der Waals surface area contributed by atoms with Crippen LogP contribution in [-0.4, -0.2) is 0 Å². The number of rotatable bonds is 6. The normalized spacial score (nSPS) is 11.6. The maximum Gasteiger partial charge on any atom is 0.136 e. The third-order valence-corrected chi connectivity index (χ3v) is 12.0. The molecule has 3 heteroatoms. The van der Waals surface area contributed by atoms with E-state index in [0.717, 1.165) is 50.1 Å². The van der Waals surface area contributed by atoms with Crippen LogP contribution in [0.1, 0.15) is 0 Å². The number of hydrogen-bond donors (Lipinski definition) is 0. The highest BCUT2D eigenvalue weighted by Gasteiger charge is 2.19. The van der Waals surface area contributed by atoms with Gasteiger partial charge in [0.25, 0.3) is 0 Å². The van der Waals surface area contributed by atoms with E-state index in [4.69, 9.17) is 4.42 Å². The smallest absolute Gasteiger partial charge is 0.136 e. The van der Waals surface area contributed by atoms with Gasteiger partial charge in [0.15, 0.2) is 0 Å². The topological polar surface area (TPSA) is 16.4 Å². The zero-order valence-electron chi connectivity index (χ0n) is 29.8. The van der Waals surface area contributed by atoms with Gasteiger partial charge in [0, 0.05) is 47.9 Å². The summed E-state index contributed by atoms with van der Waals surface area (Å²) in [6.07, 6.45) is 0. The Labute approximate surface area is 322 Å². The number of hydrogen-bond acceptors (Lipinski definition) is 3. The Hall–Kier alpha value is -6.94. The first-order valence-corrected chi connectivity index (χ1v) is 19.5. The summed E-state index contributed by atoms with van der Waals surface area (Å²) in [6, 6.07) is 72.2. The van der Waals surface area contributed by atoms with Crippen LogP contribution in [0.3, 0.4) is 0 Å². The van der Waals surface area contributed by atoms with Crippen molar-refractivity contribution in [3.05, 3.63) is 200 Å². The molecule has 0 saturated heterocycles. The van der Waals surface area contributed by atoms with E-state index in [-0.39, 0.29) is 0 Å². The fourth-order valence-corrected chi connectivity index (χ4v) is 9.35. The molecule has 0 radical (unpaired) electrons. The quantitative estimate of drug-likeness (QED) is 0.170. The lowest BCUT2D eigenvalue weighted by Gasteiger charge is -2.28. The van der Waals surface area contributed by atoms with E-state index >= 15 is 0 Å². The summed E-state index contributed by atoms with van der Waals surface area (Å²) in [4.78, 5) is 2.38. The Morgan fingerprint density at radius 1 is 0.345 bits per heavy atom. The van der Waals surface area contributed by atoms with Crippen LogP contribution in [0.4, 0.5) is 17.1 Å². The second kappa shape index (κ2) is 12.9. The number of anilines is 3. The highest BCUT2D eigenvalue weighted by Crippen LogP contribution is 2.44. The molecule has 258 valence electrons. The Morgan fingerprint density at radius 3 is 1.78 bits per heavy atom. The molecule has 0 aliphatic carbocycles. The Bertz CT molecular complexity index is 3200. The van der Waals surface area contributed by atoms with Gasteiger partial charge in [-0.25, -0.2) is 0 Å². The van der Waals surface area contributed by atoms with Gasteiger partial charge in [-0.05, 0) is 99.3 Å². The molecule has 0 aliphatic rings. The number of furan rings is 1. The van der Waals surface area contributed by atoms with Crippen molar-refractivity contribution in [2.24, 2.45) is 0 Å². The number of thiophene rings is 1. The van der Waals surface area contributed by atoms with Crippen LogP contribution in [-0.2, 0) is 0 Å². The summed E-state index contributed by atoms with van der Waals surface area (Å²) in [5.74, 6) is 0. The minimum absolute atomic E-state index is 0.888. The predicted molar refractivity (Wildman–Crippen MR) is 235 cm³/mol. The maximum absolute atomic E-state index is 6.36. The highest BCUT2D eigenvalue weighted by atomic mass is 32.1. The van der Waals surface area contributed by atoms with Gasteiger partial charge in [-0.2, -0.15) is 0 Å². The number of para-hydroxylation sites is 2. The number of benzene rings is 9. The molecule has 0 atom stereocenters. The first-order valence-electron chi connectivity index (χ1n) is 18.7. The van der Waals surface area contributed by atoms with E-state index in [1.54, 1.807) is 0 Å². The zero-order chi connectivity index (χ0) is 36.3. The third kappa shape index (κ3) is 5.40. The van der Waals surface area contributed by atoms with Crippen LogP contribution < -0.4 is 4.90 Å². The van der Waals surface area contributed by atoms with Crippen molar-refractivity contribution in [2.45, 2.75) is 0 Å². The molecular formula is C52H33NOS. The van der Waals surface area contributed by atoms with Crippen molar-refractivity contribution in [2.75, 3.05) is 4.90 Å². The van der Waals surface area contributed by atoms with Crippen LogP contribution in [0.15, 0.2) is 205 Å². The van der Waals surface area contributed by atoms with Crippen LogP contribution >= 0.6 is 11.3 Å². The van der Waals surface area contributed by atoms with Gasteiger partial charge >= 0.3 is 0 Å². The molecule has 0 aliphatic heterocycles. The Balaban J connectivity index is 1.03. The summed E-state index contributed by atoms with van der Waals surface area (Å²) in [7, 11) is 0. The van der Waals surface area contributed by atoms with Gasteiger partial charge in [0.05, 0.1) is 5.69 Å². The zero-order valence-corrected chi connectivity index (χ0v) is 30.6. The lowest BCUT2D eigenvalue weighted by Crippen LogP contribution is -2.11. The molecule has 0 N–H and O–H groups in total. The van der Waals surface area contributed by atoms with Crippen molar-refractivity contribution in [3.63, 3.8) is 0 Å². The minimum atomic E-state index is 0.888. The van der Waals surface area contributed by atoms with E-state index in [0.29, 0.717) is 0 Å². The van der Waals surface area contributed by atoms with Gasteiger partial charge in [-0.15, -0.1) is 11.3 Å². The molecule has 0 fully saturated rings. The summed E-state index contributed by atoms with van der Waals surface area (Å²) in [5.41, 5.74) is 12.1. The molecule has 11 aromatic rings. The predicted octanol–water partition coefficient (Wildman–Crippen LogP) is 15.6. The van der Waals surface area contributed by atoms with Crippen LogP contribution in [0.2, 0.25) is 0 Å². The van der Waals surface area contributed by atoms with Crippen molar-refractivity contribution in [3.8, 4) is 33.4 Å². The van der Waals surface area contributed by atoms with Crippen molar-refractivity contribution in [1.29, 1.82) is 0 Å². The van der Waals surface area contributed by atoms with E-state index in [1.807, 2.05) is 23.5 Å². The molecule has 0 saturated carbocycles. The van der Waals surface area contributed by atoms with Crippen LogP contribution in [0.5, 0.6) is 0 Å². The Morgan fingerprint density at radius 2 is 0.927 bits per heavy atom. The molecule has 2 nitrogen and oxygen atoms in total. The largest absolute Gasteiger partial charge is 0.456 e. The standard InChI is InChI=1S/C52H33NOS/c1-2-12-41-35(10-1)11-9-16-42(41)36-22-28-40(29-23-36)53(39-26-20-34(21-27-39)37-24-31-47-46-15-5-8-19-51(46)55-52(47)33-37)48-17-6-3-13-43(48)38-25-30-45-44-14-4-7-18-49(44)54-50(45)32-38/h1-33H. The molecule has 0 unspecified atom stereocenters. The van der Waals surface area contributed by atoms with Gasteiger partial charge in [-0.1, -0.05) is 140 Å². The van der Waals surface area contributed by atoms with Crippen LogP contribution in [0.25, 0.3) is 86.3 Å². The van der Waals surface area contributed by atoms with Crippen molar-refractivity contribution >= 4 is 81.3 Å². The van der Waals surface area contributed by atoms with Crippen LogP contribution in [0, 0.1) is 0 Å². The summed E-state index contributed by atoms with van der Waals surface area (Å²) >= 11 is 1.86. The van der Waals surface area contributed by atoms with E-state index < -0.39 is 0 Å². The van der Waals surface area contributed by atoms with Crippen molar-refractivity contribution < 1.29 is 4.42 Å². The maximum atomic E-state index is 6.36. The lowest BCUT2D eigenvalue weighted by atomic mass is 9.97. The summed E-state index contributed by atoms with van der Waals surface area (Å²) in [6.45, 7) is 0. The SMILES string of the molecule is c1ccc(N(c2ccc(-c3ccc4c(c3)sc3ccccc34)cc2)c2ccc(-c3cccc4ccccc34)cc2)c(-c2ccc3c(c2)oc2ccccc23)c1. The summed E-state index contributed by atoms with van der Waals surface area (Å²) < 4.78 is 8.99. The average Bonchev–Trinajstić information content (AvgIpc) is 3.82. The first-order chi connectivity index (χ1) is 27.2. The van der Waals surface area contributed by atoms with Crippen molar-refractivity contribution in [1.82, 2.24) is 0 Å². The second-order valence-corrected chi connectivity index (χ2v) is 15.2. The van der Waals surface area contributed by atoms with Gasteiger partial charge < -0.3 is 9.32 Å². The molecule has 0 spiro atoms. The molecule has 2 aromatic heterocycles. The molecule has 9 aromatic carbocycles. The molecule has 11 rings (SSSR count). The molecular weight excluding hydrogens is 687 g/mol. The van der Waals surface area contributed by atoms with Gasteiger partial charge in [0.1, 0.15) is 11.2 Å². The molecule has 55 heavy (non-hydrogen) atoms. The fourth-order valence-electron chi connectivity index (χ4n) is 8.21. The molecule has 0 amide bonds. The Kier molecular flexibility index (Phi) is 7.39. The van der Waals surface area contributed by atoms with E-state index in [1.165, 1.54) is 53.2 Å². The van der Waals surface area contributed by atoms with Gasteiger partial charge in [0.2, 0.25) is 0 Å². The second-order valence-electron chi connectivity index (χ2n) is 14.1. The monoisotopic (exact) mass is 719 g/mol. The first kappa shape index (κ1) is 31.6. The third-order valence-electron chi connectivity index (χ3n) is 10.9. The average molecular weight is 720 g/mol. The fraction of sp³-hybridized carbons (Fsp3) is 0. The molecule has 2 heterocycles. The van der Waals surface area contributed by atoms with E-state index in [9.17, 15) is 0 Å². The molecule has 0 bridgehead atoms. The minimum Gasteiger partial charge on any atom is -0.456 e.